The topological polar surface area (TPSA) is 50.5 Å². The van der Waals surface area contributed by atoms with Crippen molar-refractivity contribution in [1.29, 1.82) is 0 Å². The number of thiophene rings is 1. The van der Waals surface area contributed by atoms with Gasteiger partial charge in [0, 0.05) is 5.56 Å². The summed E-state index contributed by atoms with van der Waals surface area (Å²) in [6.45, 7) is 6.55. The lowest BCUT2D eigenvalue weighted by Gasteiger charge is -2.31. The first kappa shape index (κ1) is 13.7. The van der Waals surface area contributed by atoms with Crippen molar-refractivity contribution in [3.63, 3.8) is 0 Å². The van der Waals surface area contributed by atoms with Crippen LogP contribution in [-0.4, -0.2) is 46.6 Å². The van der Waals surface area contributed by atoms with Gasteiger partial charge in [-0.15, -0.1) is 5.10 Å². The van der Waals surface area contributed by atoms with E-state index in [0.717, 1.165) is 38.4 Å². The van der Waals surface area contributed by atoms with Crippen LogP contribution in [0.15, 0.2) is 16.8 Å². The van der Waals surface area contributed by atoms with Gasteiger partial charge in [-0.25, -0.2) is 0 Å². The number of quaternary nitrogens is 1. The van der Waals surface area contributed by atoms with Gasteiger partial charge in [-0.3, -0.25) is 4.79 Å². The van der Waals surface area contributed by atoms with Crippen molar-refractivity contribution >= 4 is 28.8 Å². The van der Waals surface area contributed by atoms with Crippen LogP contribution < -0.4 is 4.90 Å². The number of rotatable bonds is 3. The Bertz CT molecular complexity index is 573. The molecule has 3 heterocycles. The van der Waals surface area contributed by atoms with Gasteiger partial charge in [0.05, 0.1) is 31.9 Å². The van der Waals surface area contributed by atoms with Crippen molar-refractivity contribution in [2.45, 2.75) is 13.5 Å². The summed E-state index contributed by atoms with van der Waals surface area (Å²) in [5, 5.41) is 8.24. The minimum Gasteiger partial charge on any atom is -0.328 e. The molecular weight excluding hydrogens is 292 g/mol. The predicted octanol–water partition coefficient (Wildman–Crippen LogP) is 0.449. The third-order valence-electron chi connectivity index (χ3n) is 3.64. The molecule has 0 radical (unpaired) electrons. The Kier molecular flexibility index (Phi) is 4.09. The van der Waals surface area contributed by atoms with Crippen LogP contribution in [0.5, 0.6) is 0 Å². The van der Waals surface area contributed by atoms with Crippen LogP contribution in [0.2, 0.25) is 0 Å². The Labute approximate surface area is 126 Å². The summed E-state index contributed by atoms with van der Waals surface area (Å²) < 4.78 is 3.84. The Morgan fingerprint density at radius 1 is 1.45 bits per heavy atom. The van der Waals surface area contributed by atoms with Crippen molar-refractivity contribution < 1.29 is 9.69 Å². The summed E-state index contributed by atoms with van der Waals surface area (Å²) in [5.74, 6) is 0.0899. The van der Waals surface area contributed by atoms with Gasteiger partial charge in [-0.2, -0.15) is 11.3 Å². The molecule has 1 saturated heterocycles. The molecule has 7 heteroatoms. The fraction of sp³-hybridized carbons (Fsp3) is 0.462. The highest BCUT2D eigenvalue weighted by Gasteiger charge is 2.26. The zero-order chi connectivity index (χ0) is 13.9. The van der Waals surface area contributed by atoms with Crippen molar-refractivity contribution in [3.8, 4) is 0 Å². The molecule has 0 bridgehead atoms. The summed E-state index contributed by atoms with van der Waals surface area (Å²) >= 11 is 2.94. The molecule has 1 N–H and O–H groups in total. The Morgan fingerprint density at radius 3 is 2.85 bits per heavy atom. The number of carbonyl (C=O) groups excluding carboxylic acids is 1. The van der Waals surface area contributed by atoms with E-state index in [2.05, 4.69) is 26.4 Å². The number of carbonyl (C=O) groups is 1. The van der Waals surface area contributed by atoms with E-state index >= 15 is 0 Å². The predicted molar refractivity (Wildman–Crippen MR) is 79.3 cm³/mol. The number of nitrogens with one attached hydrogen (secondary N) is 1. The van der Waals surface area contributed by atoms with E-state index in [9.17, 15) is 4.79 Å². The number of aryl methyl sites for hydroxylation is 1. The van der Waals surface area contributed by atoms with Crippen LogP contribution in [0.3, 0.4) is 0 Å². The molecule has 0 saturated carbocycles. The number of nitrogens with zero attached hydrogens (tertiary/aromatic N) is 3. The molecule has 3 rings (SSSR count). The first-order valence-corrected chi connectivity index (χ1v) is 8.38. The van der Waals surface area contributed by atoms with Crippen LogP contribution >= 0.6 is 22.9 Å². The number of aromatic nitrogens is 2. The number of hydrogen-bond acceptors (Lipinski definition) is 5. The van der Waals surface area contributed by atoms with E-state index < -0.39 is 0 Å². The quantitative estimate of drug-likeness (QED) is 0.895. The second-order valence-electron chi connectivity index (χ2n) is 5.04. The molecule has 1 fully saturated rings. The molecule has 1 amide bonds. The minimum atomic E-state index is 0.0899. The maximum absolute atomic E-state index is 12.4. The Hall–Kier alpha value is -1.31. The molecule has 20 heavy (non-hydrogen) atoms. The molecule has 1 aliphatic heterocycles. The van der Waals surface area contributed by atoms with Crippen molar-refractivity contribution in [2.75, 3.05) is 26.2 Å². The van der Waals surface area contributed by atoms with Crippen LogP contribution in [-0.2, 0) is 6.54 Å². The molecule has 5 nitrogen and oxygen atoms in total. The first-order chi connectivity index (χ1) is 9.74. The van der Waals surface area contributed by atoms with E-state index in [4.69, 9.17) is 0 Å². The Morgan fingerprint density at radius 2 is 2.25 bits per heavy atom. The second-order valence-corrected chi connectivity index (χ2v) is 6.57. The smallest absolute Gasteiger partial charge is 0.267 e. The molecule has 1 aliphatic rings. The maximum atomic E-state index is 12.4. The third-order valence-corrected chi connectivity index (χ3v) is 5.19. The highest BCUT2D eigenvalue weighted by Crippen LogP contribution is 2.12. The zero-order valence-electron chi connectivity index (χ0n) is 11.3. The third kappa shape index (κ3) is 2.89. The van der Waals surface area contributed by atoms with Crippen LogP contribution in [0.1, 0.15) is 20.9 Å². The van der Waals surface area contributed by atoms with E-state index in [1.54, 1.807) is 16.2 Å². The highest BCUT2D eigenvalue weighted by molar-refractivity contribution is 7.08. The SMILES string of the molecule is Cc1nnsc1C(=O)N1CC[NH+](Cc2ccsc2)CC1. The molecule has 2 aromatic heterocycles. The van der Waals surface area contributed by atoms with Gasteiger partial charge in [-0.05, 0) is 35.3 Å². The summed E-state index contributed by atoms with van der Waals surface area (Å²) in [6, 6.07) is 2.18. The lowest BCUT2D eigenvalue weighted by atomic mass is 10.2. The zero-order valence-corrected chi connectivity index (χ0v) is 13.0. The average Bonchev–Trinajstić information content (AvgIpc) is 3.10. The van der Waals surface area contributed by atoms with E-state index in [1.165, 1.54) is 17.1 Å². The molecule has 0 unspecified atom stereocenters. The molecule has 0 spiro atoms. The van der Waals surface area contributed by atoms with Crippen LogP contribution in [0.4, 0.5) is 0 Å². The van der Waals surface area contributed by atoms with Gasteiger partial charge in [-0.1, -0.05) is 4.49 Å². The summed E-state index contributed by atoms with van der Waals surface area (Å²) in [7, 11) is 0. The van der Waals surface area contributed by atoms with Crippen molar-refractivity contribution in [3.05, 3.63) is 33.0 Å². The monoisotopic (exact) mass is 309 g/mol. The standard InChI is InChI=1S/C13H16N4OS2/c1-10-12(20-15-14-10)13(18)17-5-3-16(4-6-17)8-11-2-7-19-9-11/h2,7,9H,3-6,8H2,1H3/p+1. The van der Waals surface area contributed by atoms with Gasteiger partial charge in [0.25, 0.3) is 5.91 Å². The van der Waals surface area contributed by atoms with Crippen molar-refractivity contribution in [1.82, 2.24) is 14.5 Å². The van der Waals surface area contributed by atoms with Gasteiger partial charge < -0.3 is 9.80 Å². The lowest BCUT2D eigenvalue weighted by Crippen LogP contribution is -3.13. The summed E-state index contributed by atoms with van der Waals surface area (Å²) in [6.07, 6.45) is 0. The van der Waals surface area contributed by atoms with E-state index in [0.29, 0.717) is 4.88 Å². The van der Waals surface area contributed by atoms with Gasteiger partial charge in [0.15, 0.2) is 0 Å². The Balaban J connectivity index is 1.56. The highest BCUT2D eigenvalue weighted by atomic mass is 32.1. The van der Waals surface area contributed by atoms with Crippen molar-refractivity contribution in [2.24, 2.45) is 0 Å². The minimum absolute atomic E-state index is 0.0899. The largest absolute Gasteiger partial charge is 0.328 e. The average molecular weight is 309 g/mol. The van der Waals surface area contributed by atoms with Crippen LogP contribution in [0, 0.1) is 6.92 Å². The number of hydrogen-bond donors (Lipinski definition) is 1. The first-order valence-electron chi connectivity index (χ1n) is 6.67. The van der Waals surface area contributed by atoms with E-state index in [1.807, 2.05) is 11.8 Å². The molecule has 106 valence electrons. The maximum Gasteiger partial charge on any atom is 0.267 e. The number of piperazine rings is 1. The molecular formula is C13H17N4OS2+. The van der Waals surface area contributed by atoms with Gasteiger partial charge in [0.1, 0.15) is 11.4 Å². The second kappa shape index (κ2) is 5.99. The fourth-order valence-electron chi connectivity index (χ4n) is 2.46. The fourth-order valence-corrected chi connectivity index (χ4v) is 3.75. The molecule has 0 atom stereocenters. The van der Waals surface area contributed by atoms with Gasteiger partial charge >= 0.3 is 0 Å². The molecule has 0 aromatic carbocycles. The summed E-state index contributed by atoms with van der Waals surface area (Å²) in [5.41, 5.74) is 2.14. The van der Waals surface area contributed by atoms with E-state index in [-0.39, 0.29) is 5.91 Å². The lowest BCUT2D eigenvalue weighted by molar-refractivity contribution is -0.917. The molecule has 0 aliphatic carbocycles. The number of amides is 1. The molecule has 2 aromatic rings. The normalized spacial score (nSPS) is 16.6. The van der Waals surface area contributed by atoms with Crippen LogP contribution in [0.25, 0.3) is 0 Å². The van der Waals surface area contributed by atoms with Gasteiger partial charge in [0.2, 0.25) is 0 Å². The summed E-state index contributed by atoms with van der Waals surface area (Å²) in [4.78, 5) is 16.5.